The Labute approximate surface area is 78.3 Å². The summed E-state index contributed by atoms with van der Waals surface area (Å²) in [7, 11) is 0. The molecule has 1 rings (SSSR count). The zero-order valence-electron chi connectivity index (χ0n) is 6.90. The summed E-state index contributed by atoms with van der Waals surface area (Å²) < 4.78 is 37.7. The van der Waals surface area contributed by atoms with Crippen LogP contribution in [0.25, 0.3) is 0 Å². The van der Waals surface area contributed by atoms with Crippen molar-refractivity contribution in [2.75, 3.05) is 0 Å². The minimum absolute atomic E-state index is 0.0386. The van der Waals surface area contributed by atoms with Gasteiger partial charge in [0.2, 0.25) is 0 Å². The minimum atomic E-state index is -4.39. The van der Waals surface area contributed by atoms with Crippen LogP contribution >= 0.6 is 11.6 Å². The van der Waals surface area contributed by atoms with Crippen LogP contribution in [0.2, 0.25) is 0 Å². The molecule has 6 heteroatoms. The summed E-state index contributed by atoms with van der Waals surface area (Å²) in [5.74, 6) is 0.0386. The highest BCUT2D eigenvalue weighted by atomic mass is 35.5. The van der Waals surface area contributed by atoms with Gasteiger partial charge in [0, 0.05) is 6.54 Å². The van der Waals surface area contributed by atoms with Crippen molar-refractivity contribution in [2.45, 2.75) is 25.5 Å². The van der Waals surface area contributed by atoms with Crippen molar-refractivity contribution >= 4 is 11.6 Å². The second-order valence-electron chi connectivity index (χ2n) is 2.47. The zero-order chi connectivity index (χ0) is 10.1. The van der Waals surface area contributed by atoms with E-state index < -0.39 is 11.9 Å². The van der Waals surface area contributed by atoms with Crippen molar-refractivity contribution < 1.29 is 13.2 Å². The van der Waals surface area contributed by atoms with Gasteiger partial charge in [-0.1, -0.05) is 0 Å². The number of hydrogen-bond donors (Lipinski definition) is 0. The Kier molecular flexibility index (Phi) is 2.85. The molecule has 0 unspecified atom stereocenters. The first kappa shape index (κ1) is 10.4. The van der Waals surface area contributed by atoms with E-state index in [9.17, 15) is 13.2 Å². The first-order valence-electron chi connectivity index (χ1n) is 3.69. The fourth-order valence-corrected chi connectivity index (χ4v) is 1.19. The van der Waals surface area contributed by atoms with Crippen LogP contribution in [0, 0.1) is 0 Å². The van der Waals surface area contributed by atoms with Crippen LogP contribution in [0.1, 0.15) is 18.3 Å². The van der Waals surface area contributed by atoms with Gasteiger partial charge in [-0.05, 0) is 13.0 Å². The molecule has 0 bridgehead atoms. The summed E-state index contributed by atoms with van der Waals surface area (Å²) >= 11 is 5.45. The number of hydrogen-bond acceptors (Lipinski definition) is 1. The van der Waals surface area contributed by atoms with Crippen molar-refractivity contribution in [1.29, 1.82) is 0 Å². The molecule has 0 amide bonds. The van der Waals surface area contributed by atoms with Crippen LogP contribution in [-0.4, -0.2) is 9.78 Å². The van der Waals surface area contributed by atoms with Gasteiger partial charge < -0.3 is 0 Å². The predicted octanol–water partition coefficient (Wildman–Crippen LogP) is 2.66. The average molecular weight is 213 g/mol. The van der Waals surface area contributed by atoms with Gasteiger partial charge in [-0.3, -0.25) is 4.68 Å². The highest BCUT2D eigenvalue weighted by Gasteiger charge is 2.34. The lowest BCUT2D eigenvalue weighted by Crippen LogP contribution is -2.07. The molecule has 0 aliphatic carbocycles. The van der Waals surface area contributed by atoms with Crippen molar-refractivity contribution in [3.05, 3.63) is 17.5 Å². The Hall–Kier alpha value is -0.710. The molecule has 0 atom stereocenters. The van der Waals surface area contributed by atoms with E-state index in [1.807, 2.05) is 0 Å². The van der Waals surface area contributed by atoms with Gasteiger partial charge in [0.15, 0.2) is 5.69 Å². The normalized spacial score (nSPS) is 12.1. The van der Waals surface area contributed by atoms with E-state index in [1.165, 1.54) is 4.68 Å². The number of aromatic nitrogens is 2. The molecule has 0 saturated heterocycles. The molecule has 1 aromatic heterocycles. The molecule has 0 fully saturated rings. The maximum absolute atomic E-state index is 12.1. The van der Waals surface area contributed by atoms with Crippen LogP contribution in [0.15, 0.2) is 6.07 Å². The second kappa shape index (κ2) is 3.57. The van der Waals surface area contributed by atoms with E-state index in [4.69, 9.17) is 11.6 Å². The lowest BCUT2D eigenvalue weighted by Gasteiger charge is -2.00. The number of halogens is 4. The Balaban J connectivity index is 3.07. The third-order valence-electron chi connectivity index (χ3n) is 1.59. The molecule has 0 spiro atoms. The largest absolute Gasteiger partial charge is 0.435 e. The predicted molar refractivity (Wildman–Crippen MR) is 42.5 cm³/mol. The highest BCUT2D eigenvalue weighted by molar-refractivity contribution is 6.16. The summed E-state index contributed by atoms with van der Waals surface area (Å²) in [6.45, 7) is 2.10. The lowest BCUT2D eigenvalue weighted by atomic mass is 10.3. The molecule has 74 valence electrons. The topological polar surface area (TPSA) is 17.8 Å². The van der Waals surface area contributed by atoms with Crippen molar-refractivity contribution in [3.8, 4) is 0 Å². The van der Waals surface area contributed by atoms with E-state index in [1.54, 1.807) is 6.92 Å². The van der Waals surface area contributed by atoms with Gasteiger partial charge in [-0.25, -0.2) is 0 Å². The van der Waals surface area contributed by atoms with Crippen LogP contribution < -0.4 is 0 Å². The third kappa shape index (κ3) is 2.15. The van der Waals surface area contributed by atoms with Gasteiger partial charge in [-0.15, -0.1) is 11.6 Å². The number of rotatable bonds is 2. The molecular weight excluding hydrogens is 205 g/mol. The van der Waals surface area contributed by atoms with E-state index in [-0.39, 0.29) is 5.88 Å². The summed E-state index contributed by atoms with van der Waals surface area (Å²) in [5, 5.41) is 3.38. The molecular formula is C7H8ClF3N2. The Bertz CT molecular complexity index is 271. The van der Waals surface area contributed by atoms with E-state index >= 15 is 0 Å². The van der Waals surface area contributed by atoms with Gasteiger partial charge in [0.25, 0.3) is 0 Å². The lowest BCUT2D eigenvalue weighted by molar-refractivity contribution is -0.141. The fraction of sp³-hybridized carbons (Fsp3) is 0.571. The van der Waals surface area contributed by atoms with Gasteiger partial charge in [0.05, 0.1) is 11.6 Å². The van der Waals surface area contributed by atoms with Crippen molar-refractivity contribution in [3.63, 3.8) is 0 Å². The van der Waals surface area contributed by atoms with Crippen LogP contribution in [-0.2, 0) is 18.6 Å². The van der Waals surface area contributed by atoms with E-state index in [2.05, 4.69) is 5.10 Å². The first-order valence-corrected chi connectivity index (χ1v) is 4.22. The van der Waals surface area contributed by atoms with Crippen molar-refractivity contribution in [1.82, 2.24) is 9.78 Å². The molecule has 1 aromatic rings. The Morgan fingerprint density at radius 1 is 1.54 bits per heavy atom. The summed E-state index contributed by atoms with van der Waals surface area (Å²) in [6, 6.07) is 0.969. The molecule has 0 saturated carbocycles. The number of aryl methyl sites for hydroxylation is 1. The SMILES string of the molecule is CCn1nc(C(F)(F)F)cc1CCl. The molecule has 0 aliphatic heterocycles. The standard InChI is InChI=1S/C7H8ClF3N2/c1-2-13-5(4-8)3-6(12-13)7(9,10)11/h3H,2,4H2,1H3. The monoisotopic (exact) mass is 212 g/mol. The molecule has 13 heavy (non-hydrogen) atoms. The van der Waals surface area contributed by atoms with E-state index in [0.29, 0.717) is 12.2 Å². The first-order chi connectivity index (χ1) is 5.99. The van der Waals surface area contributed by atoms with Gasteiger partial charge >= 0.3 is 6.18 Å². The highest BCUT2D eigenvalue weighted by Crippen LogP contribution is 2.28. The number of alkyl halides is 4. The average Bonchev–Trinajstić information content (AvgIpc) is 2.45. The number of nitrogens with zero attached hydrogens (tertiary/aromatic N) is 2. The Morgan fingerprint density at radius 3 is 2.46 bits per heavy atom. The molecule has 1 heterocycles. The van der Waals surface area contributed by atoms with Crippen LogP contribution in [0.4, 0.5) is 13.2 Å². The molecule has 2 nitrogen and oxygen atoms in total. The smallest absolute Gasteiger partial charge is 0.268 e. The third-order valence-corrected chi connectivity index (χ3v) is 1.86. The Morgan fingerprint density at radius 2 is 2.15 bits per heavy atom. The molecule has 0 aliphatic rings. The second-order valence-corrected chi connectivity index (χ2v) is 2.74. The summed E-state index contributed by atoms with van der Waals surface area (Å²) in [4.78, 5) is 0. The quantitative estimate of drug-likeness (QED) is 0.690. The molecule has 0 radical (unpaired) electrons. The van der Waals surface area contributed by atoms with Crippen LogP contribution in [0.5, 0.6) is 0 Å². The van der Waals surface area contributed by atoms with Gasteiger partial charge in [0.1, 0.15) is 0 Å². The fourth-order valence-electron chi connectivity index (χ4n) is 0.975. The maximum atomic E-state index is 12.1. The summed E-state index contributed by atoms with van der Waals surface area (Å²) in [6.07, 6.45) is -4.39. The zero-order valence-corrected chi connectivity index (χ0v) is 7.65. The van der Waals surface area contributed by atoms with Crippen LogP contribution in [0.3, 0.4) is 0 Å². The maximum Gasteiger partial charge on any atom is 0.435 e. The van der Waals surface area contributed by atoms with Gasteiger partial charge in [-0.2, -0.15) is 18.3 Å². The molecule has 0 N–H and O–H groups in total. The summed E-state index contributed by atoms with van der Waals surface area (Å²) in [5.41, 5.74) is -0.499. The minimum Gasteiger partial charge on any atom is -0.268 e. The molecule has 0 aromatic carbocycles. The van der Waals surface area contributed by atoms with Crippen molar-refractivity contribution in [2.24, 2.45) is 0 Å². The van der Waals surface area contributed by atoms with E-state index in [0.717, 1.165) is 6.07 Å².